The summed E-state index contributed by atoms with van der Waals surface area (Å²) < 4.78 is 35.5. The van der Waals surface area contributed by atoms with Crippen LogP contribution in [0.25, 0.3) is 0 Å². The SMILES string of the molecule is CCN(CCCN)CC(F)(F)F. The molecule has 0 unspecified atom stereocenters. The zero-order valence-corrected chi connectivity index (χ0v) is 7.19. The molecule has 12 heavy (non-hydrogen) atoms. The van der Waals surface area contributed by atoms with Crippen LogP contribution in [0.15, 0.2) is 0 Å². The van der Waals surface area contributed by atoms with E-state index < -0.39 is 12.7 Å². The zero-order valence-electron chi connectivity index (χ0n) is 7.19. The van der Waals surface area contributed by atoms with Gasteiger partial charge in [0.1, 0.15) is 0 Å². The van der Waals surface area contributed by atoms with Gasteiger partial charge in [-0.25, -0.2) is 0 Å². The Hall–Kier alpha value is -0.290. The average molecular weight is 184 g/mol. The average Bonchev–Trinajstić information content (AvgIpc) is 1.95. The van der Waals surface area contributed by atoms with Gasteiger partial charge < -0.3 is 5.73 Å². The first-order valence-electron chi connectivity index (χ1n) is 3.98. The van der Waals surface area contributed by atoms with Gasteiger partial charge in [0.05, 0.1) is 6.54 Å². The number of nitrogens with two attached hydrogens (primary N) is 1. The summed E-state index contributed by atoms with van der Waals surface area (Å²) in [7, 11) is 0. The number of halogens is 3. The summed E-state index contributed by atoms with van der Waals surface area (Å²) >= 11 is 0. The van der Waals surface area contributed by atoms with Crippen LogP contribution in [0.2, 0.25) is 0 Å². The van der Waals surface area contributed by atoms with Gasteiger partial charge in [0.2, 0.25) is 0 Å². The first kappa shape index (κ1) is 11.7. The van der Waals surface area contributed by atoms with Gasteiger partial charge in [-0.3, -0.25) is 4.90 Å². The van der Waals surface area contributed by atoms with Gasteiger partial charge in [0.25, 0.3) is 0 Å². The molecule has 74 valence electrons. The molecule has 0 amide bonds. The quantitative estimate of drug-likeness (QED) is 0.696. The maximum absolute atomic E-state index is 11.8. The van der Waals surface area contributed by atoms with Gasteiger partial charge >= 0.3 is 6.18 Å². The molecule has 0 rings (SSSR count). The minimum absolute atomic E-state index is 0.416. The van der Waals surface area contributed by atoms with E-state index in [-0.39, 0.29) is 0 Å². The third-order valence-electron chi connectivity index (χ3n) is 1.53. The highest BCUT2D eigenvalue weighted by Gasteiger charge is 2.29. The van der Waals surface area contributed by atoms with Crippen molar-refractivity contribution >= 4 is 0 Å². The van der Waals surface area contributed by atoms with Crippen molar-refractivity contribution in [1.29, 1.82) is 0 Å². The number of alkyl halides is 3. The molecule has 0 aromatic heterocycles. The van der Waals surface area contributed by atoms with Crippen molar-refractivity contribution in [3.8, 4) is 0 Å². The molecule has 0 aromatic carbocycles. The van der Waals surface area contributed by atoms with E-state index in [9.17, 15) is 13.2 Å². The second-order valence-corrected chi connectivity index (χ2v) is 2.63. The van der Waals surface area contributed by atoms with E-state index in [0.717, 1.165) is 0 Å². The van der Waals surface area contributed by atoms with E-state index in [1.165, 1.54) is 4.90 Å². The summed E-state index contributed by atoms with van der Waals surface area (Å²) in [6, 6.07) is 0. The van der Waals surface area contributed by atoms with Gasteiger partial charge in [0, 0.05) is 0 Å². The van der Waals surface area contributed by atoms with Crippen LogP contribution in [0.1, 0.15) is 13.3 Å². The van der Waals surface area contributed by atoms with Gasteiger partial charge in [-0.2, -0.15) is 13.2 Å². The highest BCUT2D eigenvalue weighted by Crippen LogP contribution is 2.16. The number of nitrogens with zero attached hydrogens (tertiary/aromatic N) is 1. The predicted octanol–water partition coefficient (Wildman–Crippen LogP) is 1.22. The topological polar surface area (TPSA) is 29.3 Å². The van der Waals surface area contributed by atoms with Crippen molar-refractivity contribution < 1.29 is 13.2 Å². The molecule has 0 saturated heterocycles. The standard InChI is InChI=1S/C7H15F3N2/c1-2-12(5-3-4-11)6-7(8,9)10/h2-6,11H2,1H3. The van der Waals surface area contributed by atoms with Crippen LogP contribution in [-0.2, 0) is 0 Å². The molecule has 0 radical (unpaired) electrons. The molecule has 0 spiro atoms. The lowest BCUT2D eigenvalue weighted by atomic mass is 10.3. The lowest BCUT2D eigenvalue weighted by Gasteiger charge is -2.21. The van der Waals surface area contributed by atoms with Crippen LogP contribution in [0, 0.1) is 0 Å². The maximum atomic E-state index is 11.8. The summed E-state index contributed by atoms with van der Waals surface area (Å²) in [6.45, 7) is 2.16. The molecular weight excluding hydrogens is 169 g/mol. The smallest absolute Gasteiger partial charge is 0.330 e. The molecule has 2 nitrogen and oxygen atoms in total. The minimum Gasteiger partial charge on any atom is -0.330 e. The predicted molar refractivity (Wildman–Crippen MR) is 41.8 cm³/mol. The summed E-state index contributed by atoms with van der Waals surface area (Å²) in [5.41, 5.74) is 5.19. The Bertz CT molecular complexity index is 114. The summed E-state index contributed by atoms with van der Waals surface area (Å²) in [4.78, 5) is 1.34. The van der Waals surface area contributed by atoms with E-state index in [2.05, 4.69) is 0 Å². The Morgan fingerprint density at radius 1 is 1.33 bits per heavy atom. The molecular formula is C7H15F3N2. The van der Waals surface area contributed by atoms with Gasteiger partial charge in [0.15, 0.2) is 0 Å². The third-order valence-corrected chi connectivity index (χ3v) is 1.53. The van der Waals surface area contributed by atoms with Crippen molar-refractivity contribution in [3.63, 3.8) is 0 Å². The van der Waals surface area contributed by atoms with Crippen LogP contribution in [0.3, 0.4) is 0 Å². The molecule has 0 aliphatic heterocycles. The first-order chi connectivity index (χ1) is 5.49. The third kappa shape index (κ3) is 6.42. The summed E-state index contributed by atoms with van der Waals surface area (Å²) in [5.74, 6) is 0. The molecule has 0 aromatic rings. The Balaban J connectivity index is 3.67. The highest BCUT2D eigenvalue weighted by molar-refractivity contribution is 4.61. The van der Waals surface area contributed by atoms with Crippen LogP contribution in [0.5, 0.6) is 0 Å². The van der Waals surface area contributed by atoms with E-state index in [0.29, 0.717) is 26.1 Å². The van der Waals surface area contributed by atoms with E-state index in [1.807, 2.05) is 0 Å². The van der Waals surface area contributed by atoms with E-state index in [1.54, 1.807) is 6.92 Å². The monoisotopic (exact) mass is 184 g/mol. The molecule has 5 heteroatoms. The van der Waals surface area contributed by atoms with Gasteiger partial charge in [-0.15, -0.1) is 0 Å². The molecule has 0 aliphatic rings. The van der Waals surface area contributed by atoms with E-state index in [4.69, 9.17) is 5.73 Å². The normalized spacial score (nSPS) is 12.5. The fraction of sp³-hybridized carbons (Fsp3) is 1.00. The molecule has 0 saturated carbocycles. The van der Waals surface area contributed by atoms with Crippen LogP contribution in [-0.4, -0.2) is 37.3 Å². The van der Waals surface area contributed by atoms with Crippen LogP contribution in [0.4, 0.5) is 13.2 Å². The highest BCUT2D eigenvalue weighted by atomic mass is 19.4. The second kappa shape index (κ2) is 5.37. The Kier molecular flexibility index (Phi) is 5.24. The summed E-state index contributed by atoms with van der Waals surface area (Å²) in [5, 5.41) is 0. The molecule has 0 aliphatic carbocycles. The Morgan fingerprint density at radius 2 is 1.92 bits per heavy atom. The number of hydrogen-bond acceptors (Lipinski definition) is 2. The van der Waals surface area contributed by atoms with Crippen molar-refractivity contribution in [1.82, 2.24) is 4.90 Å². The van der Waals surface area contributed by atoms with Crippen molar-refractivity contribution in [2.45, 2.75) is 19.5 Å². The molecule has 0 fully saturated rings. The molecule has 2 N–H and O–H groups in total. The van der Waals surface area contributed by atoms with Crippen molar-refractivity contribution in [3.05, 3.63) is 0 Å². The molecule has 0 bridgehead atoms. The lowest BCUT2D eigenvalue weighted by molar-refractivity contribution is -0.145. The van der Waals surface area contributed by atoms with Gasteiger partial charge in [-0.05, 0) is 26.1 Å². The molecule has 0 heterocycles. The minimum atomic E-state index is -4.09. The fourth-order valence-electron chi connectivity index (χ4n) is 0.917. The Morgan fingerprint density at radius 3 is 2.25 bits per heavy atom. The number of rotatable bonds is 5. The molecule has 0 atom stereocenters. The van der Waals surface area contributed by atoms with Crippen LogP contribution >= 0.6 is 0 Å². The zero-order chi connectivity index (χ0) is 9.61. The largest absolute Gasteiger partial charge is 0.401 e. The first-order valence-corrected chi connectivity index (χ1v) is 3.98. The van der Waals surface area contributed by atoms with Crippen molar-refractivity contribution in [2.75, 3.05) is 26.2 Å². The van der Waals surface area contributed by atoms with Gasteiger partial charge in [-0.1, -0.05) is 6.92 Å². The summed E-state index contributed by atoms with van der Waals surface area (Å²) in [6.07, 6.45) is -3.48. The second-order valence-electron chi connectivity index (χ2n) is 2.63. The Labute approximate surface area is 70.5 Å². The fourth-order valence-corrected chi connectivity index (χ4v) is 0.917. The van der Waals surface area contributed by atoms with E-state index >= 15 is 0 Å². The maximum Gasteiger partial charge on any atom is 0.401 e. The lowest BCUT2D eigenvalue weighted by Crippen LogP contribution is -2.35. The van der Waals surface area contributed by atoms with Crippen molar-refractivity contribution in [2.24, 2.45) is 5.73 Å². The number of hydrogen-bond donors (Lipinski definition) is 1. The van der Waals surface area contributed by atoms with Crippen LogP contribution < -0.4 is 5.73 Å².